The number of carbonyl (C=O) groups excluding carboxylic acids is 2. The van der Waals surface area contributed by atoms with Gasteiger partial charge in [0.1, 0.15) is 0 Å². The Bertz CT molecular complexity index is 318. The zero-order valence-electron chi connectivity index (χ0n) is 6.70. The molecule has 0 aromatic carbocycles. The fraction of sp³-hybridized carbons (Fsp3) is 0.333. The molecule has 0 aliphatic heterocycles. The Labute approximate surface area is 68.1 Å². The van der Waals surface area contributed by atoms with Crippen LogP contribution >= 0.6 is 0 Å². The van der Waals surface area contributed by atoms with Crippen molar-refractivity contribution in [3.05, 3.63) is 5.69 Å². The second-order valence-electron chi connectivity index (χ2n) is 2.21. The minimum atomic E-state index is -0.310. The second kappa shape index (κ2) is 3.12. The van der Waals surface area contributed by atoms with E-state index in [1.165, 1.54) is 11.6 Å². The molecule has 0 fully saturated rings. The van der Waals surface area contributed by atoms with Crippen LogP contribution in [0, 0.1) is 0 Å². The highest BCUT2D eigenvalue weighted by atomic mass is 16.5. The highest BCUT2D eigenvalue weighted by Crippen LogP contribution is 2.06. The van der Waals surface area contributed by atoms with Crippen molar-refractivity contribution < 1.29 is 18.8 Å². The highest BCUT2D eigenvalue weighted by Gasteiger charge is 2.20. The van der Waals surface area contributed by atoms with Gasteiger partial charge in [-0.1, -0.05) is 0 Å². The van der Waals surface area contributed by atoms with Crippen LogP contribution in [0.15, 0.2) is 4.52 Å². The molecule has 6 heteroatoms. The van der Waals surface area contributed by atoms with E-state index in [2.05, 4.69) is 15.1 Å². The number of aldehydes is 1. The smallest absolute Gasteiger partial charge is 0.291 e. The Morgan fingerprint density at radius 3 is 2.92 bits per heavy atom. The number of hydrogen-bond acceptors (Lipinski definition) is 4. The van der Waals surface area contributed by atoms with Crippen molar-refractivity contribution >= 4 is 18.1 Å². The van der Waals surface area contributed by atoms with Crippen molar-refractivity contribution in [1.29, 1.82) is 0 Å². The van der Waals surface area contributed by atoms with Crippen molar-refractivity contribution in [2.75, 3.05) is 5.32 Å². The quantitative estimate of drug-likeness (QED) is 0.469. The normalized spacial score (nSPS) is 9.50. The summed E-state index contributed by atoms with van der Waals surface area (Å²) < 4.78 is 5.88. The summed E-state index contributed by atoms with van der Waals surface area (Å²) in [5.74, 6) is -0.241. The zero-order chi connectivity index (χ0) is 9.14. The molecule has 0 aliphatic rings. The van der Waals surface area contributed by atoms with Gasteiger partial charge in [0.05, 0.1) is 0 Å². The number of rotatable bonds is 2. The van der Waals surface area contributed by atoms with Gasteiger partial charge in [0.25, 0.3) is 0 Å². The molecule has 0 saturated carbocycles. The Morgan fingerprint density at radius 1 is 1.75 bits per heavy atom. The molecule has 0 saturated heterocycles. The van der Waals surface area contributed by atoms with E-state index in [4.69, 9.17) is 0 Å². The number of aromatic nitrogens is 2. The summed E-state index contributed by atoms with van der Waals surface area (Å²) in [4.78, 5) is 21.0. The molecular weight excluding hydrogens is 162 g/mol. The second-order valence-corrected chi connectivity index (χ2v) is 2.21. The number of nitrogens with zero attached hydrogens (tertiary/aromatic N) is 2. The van der Waals surface area contributed by atoms with Crippen molar-refractivity contribution in [3.63, 3.8) is 0 Å². The Hall–Kier alpha value is -1.72. The van der Waals surface area contributed by atoms with E-state index in [-0.39, 0.29) is 17.5 Å². The first-order valence-electron chi connectivity index (χ1n) is 3.24. The number of nitrogens with one attached hydrogen (secondary N) is 1. The maximum atomic E-state index is 10.6. The van der Waals surface area contributed by atoms with Crippen LogP contribution in [-0.2, 0) is 11.8 Å². The van der Waals surface area contributed by atoms with E-state index in [0.717, 1.165) is 0 Å². The van der Waals surface area contributed by atoms with Crippen molar-refractivity contribution in [3.8, 4) is 0 Å². The molecule has 0 unspecified atom stereocenters. The average Bonchev–Trinajstić information content (AvgIpc) is 2.30. The van der Waals surface area contributed by atoms with Crippen LogP contribution in [0.3, 0.4) is 0 Å². The molecule has 0 atom stereocenters. The SMILES string of the molecule is CC(=O)Nc1on[n+](C)c1C=O. The van der Waals surface area contributed by atoms with Gasteiger partial charge in [-0.05, 0) is 4.68 Å². The minimum absolute atomic E-state index is 0.0694. The highest BCUT2D eigenvalue weighted by molar-refractivity contribution is 5.91. The van der Waals surface area contributed by atoms with E-state index < -0.39 is 0 Å². The van der Waals surface area contributed by atoms with E-state index >= 15 is 0 Å². The average molecular weight is 170 g/mol. The summed E-state index contributed by atoms with van der Waals surface area (Å²) in [7, 11) is 1.54. The summed E-state index contributed by atoms with van der Waals surface area (Å²) in [5, 5.41) is 5.76. The first-order valence-corrected chi connectivity index (χ1v) is 3.24. The van der Waals surface area contributed by atoms with Crippen LogP contribution in [0.5, 0.6) is 0 Å². The van der Waals surface area contributed by atoms with Gasteiger partial charge >= 0.3 is 11.6 Å². The van der Waals surface area contributed by atoms with Gasteiger partial charge < -0.3 is 0 Å². The molecule has 0 radical (unpaired) electrons. The van der Waals surface area contributed by atoms with Gasteiger partial charge in [0.15, 0.2) is 7.05 Å². The summed E-state index contributed by atoms with van der Waals surface area (Å²) in [6, 6.07) is 0. The first-order chi connectivity index (χ1) is 5.65. The largest absolute Gasteiger partial charge is 0.337 e. The van der Waals surface area contributed by atoms with Crippen molar-refractivity contribution in [2.24, 2.45) is 7.05 Å². The lowest BCUT2D eigenvalue weighted by Gasteiger charge is -1.89. The predicted octanol–water partition coefficient (Wildman–Crippen LogP) is -0.730. The molecule has 1 heterocycles. The van der Waals surface area contributed by atoms with Crippen LogP contribution in [0.25, 0.3) is 0 Å². The molecule has 1 N–H and O–H groups in total. The van der Waals surface area contributed by atoms with Crippen LogP contribution < -0.4 is 10.00 Å². The molecule has 1 rings (SSSR count). The van der Waals surface area contributed by atoms with Crippen LogP contribution in [0.4, 0.5) is 5.88 Å². The summed E-state index contributed by atoms with van der Waals surface area (Å²) in [6.07, 6.45) is 0.557. The minimum Gasteiger partial charge on any atom is -0.291 e. The van der Waals surface area contributed by atoms with Crippen molar-refractivity contribution in [2.45, 2.75) is 6.92 Å². The molecule has 1 aromatic rings. The number of aryl methyl sites for hydroxylation is 1. The monoisotopic (exact) mass is 170 g/mol. The standard InChI is InChI=1S/C6H7N3O3/c1-4(11)7-6-5(3-10)9(2)8-12-6/h3H,1-2H3/p+1. The third-order valence-corrected chi connectivity index (χ3v) is 1.24. The lowest BCUT2D eigenvalue weighted by atomic mass is 10.4. The molecule has 0 bridgehead atoms. The number of hydrogen-bond donors (Lipinski definition) is 1. The van der Waals surface area contributed by atoms with Crippen LogP contribution in [-0.4, -0.2) is 17.5 Å². The predicted molar refractivity (Wildman–Crippen MR) is 37.4 cm³/mol. The van der Waals surface area contributed by atoms with Gasteiger partial charge in [0, 0.05) is 6.92 Å². The zero-order valence-corrected chi connectivity index (χ0v) is 6.70. The Kier molecular flexibility index (Phi) is 2.18. The fourth-order valence-electron chi connectivity index (χ4n) is 0.716. The summed E-state index contributed by atoms with van der Waals surface area (Å²) >= 11 is 0. The third-order valence-electron chi connectivity index (χ3n) is 1.24. The van der Waals surface area contributed by atoms with Gasteiger partial charge in [0.2, 0.25) is 17.5 Å². The molecule has 1 amide bonds. The number of amides is 1. The van der Waals surface area contributed by atoms with Crippen molar-refractivity contribution in [1.82, 2.24) is 5.27 Å². The topological polar surface area (TPSA) is 76.1 Å². The van der Waals surface area contributed by atoms with E-state index in [1.807, 2.05) is 0 Å². The fourth-order valence-corrected chi connectivity index (χ4v) is 0.716. The maximum absolute atomic E-state index is 10.6. The molecule has 12 heavy (non-hydrogen) atoms. The maximum Gasteiger partial charge on any atom is 0.337 e. The molecule has 1 aromatic heterocycles. The van der Waals surface area contributed by atoms with Crippen LogP contribution in [0.1, 0.15) is 17.4 Å². The Morgan fingerprint density at radius 2 is 2.42 bits per heavy atom. The van der Waals surface area contributed by atoms with E-state index in [9.17, 15) is 9.59 Å². The molecule has 0 spiro atoms. The van der Waals surface area contributed by atoms with Gasteiger partial charge in [-0.25, -0.2) is 0 Å². The molecule has 6 nitrogen and oxygen atoms in total. The number of carbonyl (C=O) groups is 2. The third kappa shape index (κ3) is 1.47. The number of anilines is 1. The molecule has 0 aliphatic carbocycles. The van der Waals surface area contributed by atoms with Gasteiger partial charge in [-0.2, -0.15) is 0 Å². The molecule has 64 valence electrons. The van der Waals surface area contributed by atoms with Gasteiger partial charge in [-0.15, -0.1) is 0 Å². The lowest BCUT2D eigenvalue weighted by Crippen LogP contribution is -2.34. The van der Waals surface area contributed by atoms with E-state index in [1.54, 1.807) is 7.05 Å². The summed E-state index contributed by atoms with van der Waals surface area (Å²) in [5.41, 5.74) is 0.199. The van der Waals surface area contributed by atoms with E-state index in [0.29, 0.717) is 6.29 Å². The molecular formula is C6H8N3O3+. The lowest BCUT2D eigenvalue weighted by molar-refractivity contribution is -0.740. The van der Waals surface area contributed by atoms with Gasteiger partial charge in [-0.3, -0.25) is 19.4 Å². The summed E-state index contributed by atoms with van der Waals surface area (Å²) in [6.45, 7) is 1.32. The Balaban J connectivity index is 2.99. The van der Waals surface area contributed by atoms with Crippen LogP contribution in [0.2, 0.25) is 0 Å². The first kappa shape index (κ1) is 8.38.